The van der Waals surface area contributed by atoms with Gasteiger partial charge >= 0.3 is 8.25 Å². The Labute approximate surface area is 161 Å². The van der Waals surface area contributed by atoms with Crippen LogP contribution in [0.4, 0.5) is 0 Å². The third kappa shape index (κ3) is 3.84. The highest BCUT2D eigenvalue weighted by molar-refractivity contribution is 7.33. The molecule has 10 N–H and O–H groups in total. The van der Waals surface area contributed by atoms with E-state index in [0.29, 0.717) is 0 Å². The summed E-state index contributed by atoms with van der Waals surface area (Å²) in [5, 5.41) is 58.2. The molecule has 28 heavy (non-hydrogen) atoms. The Hall–Kier alpha value is -0.380. The van der Waals surface area contributed by atoms with Crippen LogP contribution in [0, 0.1) is 0 Å². The molecule has 0 amide bonds. The molecule has 14 heteroatoms. The van der Waals surface area contributed by atoms with Crippen LogP contribution in [0.15, 0.2) is 0 Å². The summed E-state index contributed by atoms with van der Waals surface area (Å²) in [6.45, 7) is -0.371. The molecular weight excluding hydrogens is 403 g/mol. The molecule has 2 rings (SSSR count). The van der Waals surface area contributed by atoms with E-state index in [1.807, 2.05) is 0 Å². The van der Waals surface area contributed by atoms with Gasteiger partial charge in [0.15, 0.2) is 0 Å². The molecular formula is C14H28N2O11P+. The van der Waals surface area contributed by atoms with Gasteiger partial charge in [0.1, 0.15) is 24.4 Å². The van der Waals surface area contributed by atoms with E-state index in [1.54, 1.807) is 0 Å². The normalized spacial score (nSPS) is 35.4. The van der Waals surface area contributed by atoms with Gasteiger partial charge in [-0.1, -0.05) is 9.05 Å². The van der Waals surface area contributed by atoms with Crippen LogP contribution in [-0.4, -0.2) is 104 Å². The quantitative estimate of drug-likeness (QED) is 0.109. The van der Waals surface area contributed by atoms with Crippen molar-refractivity contribution in [2.24, 2.45) is 11.5 Å². The van der Waals surface area contributed by atoms with Gasteiger partial charge in [-0.15, -0.1) is 0 Å². The monoisotopic (exact) mass is 431 g/mol. The summed E-state index contributed by atoms with van der Waals surface area (Å²) in [7, 11) is -3.12. The highest BCUT2D eigenvalue weighted by Crippen LogP contribution is 2.55. The van der Waals surface area contributed by atoms with Crippen molar-refractivity contribution in [3.63, 3.8) is 0 Å². The Morgan fingerprint density at radius 2 is 1.14 bits per heavy atom. The van der Waals surface area contributed by atoms with Gasteiger partial charge in [0, 0.05) is 4.57 Å². The Morgan fingerprint density at radius 1 is 0.893 bits per heavy atom. The summed E-state index contributed by atoms with van der Waals surface area (Å²) in [6, 6.07) is 0. The standard InChI is InChI=1S/C14H28N2O11P/c1-7-13(24-7,9(21)11(15,3-17)4-18)26-28(23)27-14(8(2)25-14)10(22)12(16,5-19)6-20/h7-10,17-22H,3-6,15-16H2,1-2H3/q+1/t7?,8?,9?,10?,13-,14-/m0/s1. The molecule has 0 aromatic heterocycles. The topological polar surface area (TPSA) is 234 Å². The number of epoxide rings is 2. The predicted octanol–water partition coefficient (Wildman–Crippen LogP) is -4.01. The molecule has 0 saturated carbocycles. The molecule has 0 aromatic rings. The third-order valence-corrected chi connectivity index (χ3v) is 6.07. The van der Waals surface area contributed by atoms with E-state index in [1.165, 1.54) is 13.8 Å². The largest absolute Gasteiger partial charge is 0.703 e. The van der Waals surface area contributed by atoms with Crippen LogP contribution in [0.5, 0.6) is 0 Å². The lowest BCUT2D eigenvalue weighted by Crippen LogP contribution is -2.63. The Morgan fingerprint density at radius 3 is 1.32 bits per heavy atom. The highest BCUT2D eigenvalue weighted by Gasteiger charge is 2.75. The lowest BCUT2D eigenvalue weighted by atomic mass is 9.90. The third-order valence-electron chi connectivity index (χ3n) is 5.20. The van der Waals surface area contributed by atoms with Gasteiger partial charge in [-0.3, -0.25) is 0 Å². The molecule has 0 aliphatic carbocycles. The fourth-order valence-corrected chi connectivity index (χ4v) is 3.93. The average molecular weight is 431 g/mol. The second-order valence-electron chi connectivity index (χ2n) is 7.27. The summed E-state index contributed by atoms with van der Waals surface area (Å²) < 4.78 is 33.2. The van der Waals surface area contributed by atoms with Crippen LogP contribution in [0.25, 0.3) is 0 Å². The molecule has 164 valence electrons. The van der Waals surface area contributed by atoms with Gasteiger partial charge in [-0.25, -0.2) is 0 Å². The van der Waals surface area contributed by atoms with Crippen molar-refractivity contribution in [1.82, 2.24) is 0 Å². The van der Waals surface area contributed by atoms with Gasteiger partial charge < -0.3 is 51.6 Å². The van der Waals surface area contributed by atoms with Crippen molar-refractivity contribution in [3.8, 4) is 0 Å². The van der Waals surface area contributed by atoms with E-state index in [9.17, 15) is 35.2 Å². The van der Waals surface area contributed by atoms with Crippen LogP contribution in [0.1, 0.15) is 13.8 Å². The van der Waals surface area contributed by atoms with E-state index in [2.05, 4.69) is 0 Å². The zero-order valence-corrected chi connectivity index (χ0v) is 16.4. The number of aliphatic hydroxyl groups is 6. The maximum Gasteiger partial charge on any atom is 0.703 e. The SMILES string of the molecule is CC1O[C@@]1(O[P+](=O)O[C@@]1(C(O)C(N)(CO)CO)OC1C)C(O)C(N)(CO)CO. The van der Waals surface area contributed by atoms with E-state index >= 15 is 0 Å². The van der Waals surface area contributed by atoms with Gasteiger partial charge in [-0.05, 0) is 13.8 Å². The minimum Gasteiger partial charge on any atom is -0.394 e. The summed E-state index contributed by atoms with van der Waals surface area (Å²) in [5.41, 5.74) is 7.62. The molecule has 0 radical (unpaired) electrons. The van der Waals surface area contributed by atoms with Crippen molar-refractivity contribution < 1.29 is 53.7 Å². The highest BCUT2D eigenvalue weighted by atomic mass is 31.1. The lowest BCUT2D eigenvalue weighted by Gasteiger charge is -2.32. The first-order valence-corrected chi connectivity index (χ1v) is 9.59. The number of rotatable bonds is 12. The van der Waals surface area contributed by atoms with Crippen molar-refractivity contribution in [2.45, 2.75) is 60.9 Å². The Balaban J connectivity index is 2.14. The molecule has 2 heterocycles. The van der Waals surface area contributed by atoms with Crippen molar-refractivity contribution >= 4 is 8.25 Å². The van der Waals surface area contributed by atoms with E-state index in [0.717, 1.165) is 0 Å². The fraction of sp³-hybridized carbons (Fsp3) is 1.00. The second-order valence-corrected chi connectivity index (χ2v) is 8.09. The molecule has 0 bridgehead atoms. The number of hydrogen-bond donors (Lipinski definition) is 8. The summed E-state index contributed by atoms with van der Waals surface area (Å²) >= 11 is 0. The molecule has 2 saturated heterocycles. The van der Waals surface area contributed by atoms with Crippen LogP contribution in [0.3, 0.4) is 0 Å². The van der Waals surface area contributed by atoms with Crippen LogP contribution < -0.4 is 11.5 Å². The molecule has 13 nitrogen and oxygen atoms in total. The minimum atomic E-state index is -3.12. The molecule has 0 aromatic carbocycles. The number of nitrogens with two attached hydrogens (primary N) is 2. The second kappa shape index (κ2) is 8.04. The average Bonchev–Trinajstić information content (AvgIpc) is 3.54. The number of aliphatic hydroxyl groups excluding tert-OH is 6. The number of hydrogen-bond acceptors (Lipinski definition) is 13. The molecule has 2 aliphatic heterocycles. The first-order valence-electron chi connectivity index (χ1n) is 8.50. The first-order chi connectivity index (χ1) is 12.9. The van der Waals surface area contributed by atoms with Gasteiger partial charge in [0.05, 0.1) is 37.5 Å². The van der Waals surface area contributed by atoms with Crippen molar-refractivity contribution in [2.75, 3.05) is 26.4 Å². The lowest BCUT2D eigenvalue weighted by molar-refractivity contribution is -0.132. The van der Waals surface area contributed by atoms with Crippen LogP contribution in [0.2, 0.25) is 0 Å². The van der Waals surface area contributed by atoms with E-state index in [-0.39, 0.29) is 0 Å². The number of ether oxygens (including phenoxy) is 2. The molecule has 2 fully saturated rings. The van der Waals surface area contributed by atoms with Crippen molar-refractivity contribution in [1.29, 1.82) is 0 Å². The summed E-state index contributed by atoms with van der Waals surface area (Å²) in [6.07, 6.45) is -5.19. The van der Waals surface area contributed by atoms with E-state index in [4.69, 9.17) is 30.0 Å². The van der Waals surface area contributed by atoms with Crippen LogP contribution >= 0.6 is 8.25 Å². The maximum atomic E-state index is 12.5. The van der Waals surface area contributed by atoms with Gasteiger partial charge in [-0.2, -0.15) is 0 Å². The summed E-state index contributed by atoms with van der Waals surface area (Å²) in [5.74, 6) is -3.88. The van der Waals surface area contributed by atoms with Gasteiger partial charge in [0.2, 0.25) is 0 Å². The maximum absolute atomic E-state index is 12.5. The van der Waals surface area contributed by atoms with Gasteiger partial charge in [0.25, 0.3) is 11.6 Å². The first kappa shape index (κ1) is 23.9. The predicted molar refractivity (Wildman–Crippen MR) is 90.5 cm³/mol. The minimum absolute atomic E-state index is 0.812. The smallest absolute Gasteiger partial charge is 0.394 e. The Bertz CT molecular complexity index is 542. The zero-order chi connectivity index (χ0) is 21.5. The summed E-state index contributed by atoms with van der Waals surface area (Å²) in [4.78, 5) is 0. The Kier molecular flexibility index (Phi) is 6.86. The molecule has 2 aliphatic rings. The molecule has 6 atom stereocenters. The van der Waals surface area contributed by atoms with Crippen molar-refractivity contribution in [3.05, 3.63) is 0 Å². The molecule has 4 unspecified atom stereocenters. The van der Waals surface area contributed by atoms with Crippen LogP contribution in [-0.2, 0) is 23.1 Å². The fourth-order valence-electron chi connectivity index (χ4n) is 2.85. The molecule has 0 spiro atoms. The van der Waals surface area contributed by atoms with E-state index < -0.39 is 81.8 Å². The zero-order valence-electron chi connectivity index (χ0n) is 15.5.